The standard InChI is InChI=1S/C18H25F3N4O2/c1-17(2)9-13(23-15(26)3-4-18(19,20)21)12-11-22-16(24-14(12)10-17)25-5-7-27-8-6-25/h11,13H,3-10H2,1-2H3,(H,23,26)/t13-/m0/s1. The lowest BCUT2D eigenvalue weighted by Gasteiger charge is -2.37. The van der Waals surface area contributed by atoms with Crippen LogP contribution in [0.25, 0.3) is 0 Å². The second kappa shape index (κ2) is 7.61. The molecule has 1 amide bonds. The van der Waals surface area contributed by atoms with Crippen LogP contribution in [-0.2, 0) is 16.0 Å². The van der Waals surface area contributed by atoms with Crippen LogP contribution in [0.4, 0.5) is 19.1 Å². The van der Waals surface area contributed by atoms with E-state index >= 15 is 0 Å². The molecule has 150 valence electrons. The summed E-state index contributed by atoms with van der Waals surface area (Å²) in [6, 6.07) is -0.372. The number of hydrogen-bond acceptors (Lipinski definition) is 5. The molecule has 1 aromatic heterocycles. The van der Waals surface area contributed by atoms with E-state index in [4.69, 9.17) is 9.72 Å². The first kappa shape index (κ1) is 19.9. The molecular weight excluding hydrogens is 361 g/mol. The minimum Gasteiger partial charge on any atom is -0.378 e. The predicted molar refractivity (Wildman–Crippen MR) is 93.3 cm³/mol. The summed E-state index contributed by atoms with van der Waals surface area (Å²) in [7, 11) is 0. The van der Waals surface area contributed by atoms with Crippen LogP contribution in [0.3, 0.4) is 0 Å². The van der Waals surface area contributed by atoms with Gasteiger partial charge in [-0.1, -0.05) is 13.8 Å². The molecule has 2 heterocycles. The molecule has 27 heavy (non-hydrogen) atoms. The van der Waals surface area contributed by atoms with Gasteiger partial charge in [-0.25, -0.2) is 9.97 Å². The van der Waals surface area contributed by atoms with E-state index in [1.54, 1.807) is 6.20 Å². The van der Waals surface area contributed by atoms with E-state index < -0.39 is 24.9 Å². The van der Waals surface area contributed by atoms with Gasteiger partial charge in [0.2, 0.25) is 11.9 Å². The summed E-state index contributed by atoms with van der Waals surface area (Å²) in [5, 5.41) is 2.75. The lowest BCUT2D eigenvalue weighted by Crippen LogP contribution is -2.39. The van der Waals surface area contributed by atoms with Crippen molar-refractivity contribution in [2.75, 3.05) is 31.2 Å². The van der Waals surface area contributed by atoms with Crippen LogP contribution < -0.4 is 10.2 Å². The number of ether oxygens (including phenoxy) is 1. The highest BCUT2D eigenvalue weighted by Crippen LogP contribution is 2.40. The van der Waals surface area contributed by atoms with Crippen molar-refractivity contribution >= 4 is 11.9 Å². The Hall–Kier alpha value is -1.90. The second-order valence-electron chi connectivity index (χ2n) is 7.95. The van der Waals surface area contributed by atoms with Gasteiger partial charge in [0.1, 0.15) is 0 Å². The Bertz CT molecular complexity index is 688. The summed E-state index contributed by atoms with van der Waals surface area (Å²) in [6.45, 7) is 6.84. The third-order valence-corrected chi connectivity index (χ3v) is 4.93. The van der Waals surface area contributed by atoms with Gasteiger partial charge in [-0.2, -0.15) is 13.2 Å². The van der Waals surface area contributed by atoms with Gasteiger partial charge in [-0.15, -0.1) is 0 Å². The van der Waals surface area contributed by atoms with Gasteiger partial charge in [0.15, 0.2) is 0 Å². The number of carbonyl (C=O) groups excluding carboxylic acids is 1. The predicted octanol–water partition coefficient (Wildman–Crippen LogP) is 2.79. The summed E-state index contributed by atoms with van der Waals surface area (Å²) < 4.78 is 42.4. The fourth-order valence-electron chi connectivity index (χ4n) is 3.60. The maximum atomic E-state index is 12.4. The van der Waals surface area contributed by atoms with Gasteiger partial charge in [0.05, 0.1) is 31.4 Å². The van der Waals surface area contributed by atoms with Crippen molar-refractivity contribution in [3.8, 4) is 0 Å². The normalized spacial score (nSPS) is 22.3. The van der Waals surface area contributed by atoms with Crippen LogP contribution in [0.5, 0.6) is 0 Å². The molecule has 3 rings (SSSR count). The molecule has 0 saturated carbocycles. The van der Waals surface area contributed by atoms with Crippen LogP contribution >= 0.6 is 0 Å². The Morgan fingerprint density at radius 2 is 2.07 bits per heavy atom. The van der Waals surface area contributed by atoms with E-state index in [1.807, 2.05) is 0 Å². The van der Waals surface area contributed by atoms with E-state index in [1.165, 1.54) is 0 Å². The zero-order chi connectivity index (χ0) is 19.7. The van der Waals surface area contributed by atoms with Crippen LogP contribution in [0.2, 0.25) is 0 Å². The molecule has 1 fully saturated rings. The average Bonchev–Trinajstić information content (AvgIpc) is 2.58. The molecule has 1 atom stereocenters. The van der Waals surface area contributed by atoms with Gasteiger partial charge in [-0.3, -0.25) is 4.79 Å². The van der Waals surface area contributed by atoms with Gasteiger partial charge in [-0.05, 0) is 18.3 Å². The number of morpholine rings is 1. The molecular formula is C18H25F3N4O2. The van der Waals surface area contributed by atoms with E-state index in [2.05, 4.69) is 29.0 Å². The quantitative estimate of drug-likeness (QED) is 0.862. The fourth-order valence-corrected chi connectivity index (χ4v) is 3.60. The van der Waals surface area contributed by atoms with Crippen LogP contribution in [0.15, 0.2) is 6.20 Å². The SMILES string of the molecule is CC1(C)Cc2nc(N3CCOCC3)ncc2[C@@H](NC(=O)CCC(F)(F)F)C1. The molecule has 0 bridgehead atoms. The minimum absolute atomic E-state index is 0.119. The molecule has 1 saturated heterocycles. The lowest BCUT2D eigenvalue weighted by atomic mass is 9.74. The van der Waals surface area contributed by atoms with Gasteiger partial charge in [0, 0.05) is 31.3 Å². The number of halogens is 3. The number of nitrogens with zero attached hydrogens (tertiary/aromatic N) is 3. The molecule has 0 unspecified atom stereocenters. The maximum Gasteiger partial charge on any atom is 0.389 e. The van der Waals surface area contributed by atoms with Crippen LogP contribution in [-0.4, -0.2) is 48.4 Å². The number of aromatic nitrogens is 2. The number of anilines is 1. The molecule has 0 radical (unpaired) electrons. The Morgan fingerprint density at radius 3 is 2.74 bits per heavy atom. The highest BCUT2D eigenvalue weighted by molar-refractivity contribution is 5.76. The minimum atomic E-state index is -4.34. The molecule has 1 aliphatic carbocycles. The molecule has 1 aliphatic heterocycles. The molecule has 1 N–H and O–H groups in total. The average molecular weight is 386 g/mol. The zero-order valence-electron chi connectivity index (χ0n) is 15.6. The first-order valence-electron chi connectivity index (χ1n) is 9.18. The third-order valence-electron chi connectivity index (χ3n) is 4.93. The Balaban J connectivity index is 1.76. The van der Waals surface area contributed by atoms with Crippen molar-refractivity contribution in [2.24, 2.45) is 5.41 Å². The molecule has 1 aromatic rings. The van der Waals surface area contributed by atoms with E-state index in [9.17, 15) is 18.0 Å². The first-order chi connectivity index (χ1) is 12.6. The Morgan fingerprint density at radius 1 is 1.37 bits per heavy atom. The van der Waals surface area contributed by atoms with Crippen LogP contribution in [0.1, 0.15) is 50.4 Å². The van der Waals surface area contributed by atoms with Gasteiger partial charge in [0.25, 0.3) is 0 Å². The maximum absolute atomic E-state index is 12.4. The summed E-state index contributed by atoms with van der Waals surface area (Å²) in [5.74, 6) is 0.0372. The van der Waals surface area contributed by atoms with E-state index in [0.717, 1.165) is 30.8 Å². The van der Waals surface area contributed by atoms with E-state index in [-0.39, 0.29) is 11.5 Å². The summed E-state index contributed by atoms with van der Waals surface area (Å²) in [5.41, 5.74) is 1.53. The Labute approximate surface area is 156 Å². The highest BCUT2D eigenvalue weighted by atomic mass is 19.4. The van der Waals surface area contributed by atoms with Crippen LogP contribution in [0, 0.1) is 5.41 Å². The van der Waals surface area contributed by atoms with Gasteiger partial charge >= 0.3 is 6.18 Å². The fraction of sp³-hybridized carbons (Fsp3) is 0.722. The van der Waals surface area contributed by atoms with Gasteiger partial charge < -0.3 is 15.0 Å². The topological polar surface area (TPSA) is 67.3 Å². The number of amides is 1. The van der Waals surface area contributed by atoms with E-state index in [0.29, 0.717) is 25.6 Å². The smallest absolute Gasteiger partial charge is 0.378 e. The monoisotopic (exact) mass is 386 g/mol. The zero-order valence-corrected chi connectivity index (χ0v) is 15.6. The molecule has 0 aromatic carbocycles. The lowest BCUT2D eigenvalue weighted by molar-refractivity contribution is -0.144. The van der Waals surface area contributed by atoms with Crippen molar-refractivity contribution < 1.29 is 22.7 Å². The van der Waals surface area contributed by atoms with Crippen molar-refractivity contribution in [2.45, 2.75) is 51.7 Å². The van der Waals surface area contributed by atoms with Crippen molar-refractivity contribution in [1.29, 1.82) is 0 Å². The summed E-state index contributed by atoms with van der Waals surface area (Å²) >= 11 is 0. The van der Waals surface area contributed by atoms with Crippen molar-refractivity contribution in [3.63, 3.8) is 0 Å². The molecule has 6 nitrogen and oxygen atoms in total. The molecule has 2 aliphatic rings. The number of alkyl halides is 3. The summed E-state index contributed by atoms with van der Waals surface area (Å²) in [4.78, 5) is 23.2. The largest absolute Gasteiger partial charge is 0.389 e. The second-order valence-corrected chi connectivity index (χ2v) is 7.95. The number of fused-ring (bicyclic) bond motifs is 1. The number of nitrogens with one attached hydrogen (secondary N) is 1. The van der Waals surface area contributed by atoms with Crippen molar-refractivity contribution in [1.82, 2.24) is 15.3 Å². The number of carbonyl (C=O) groups is 1. The number of rotatable bonds is 4. The third kappa shape index (κ3) is 5.31. The number of hydrogen-bond donors (Lipinski definition) is 1. The summed E-state index contributed by atoms with van der Waals surface area (Å²) in [6.07, 6.45) is -2.94. The Kier molecular flexibility index (Phi) is 5.60. The van der Waals surface area contributed by atoms with Crippen molar-refractivity contribution in [3.05, 3.63) is 17.5 Å². The molecule has 0 spiro atoms. The highest BCUT2D eigenvalue weighted by Gasteiger charge is 2.35. The first-order valence-corrected chi connectivity index (χ1v) is 9.18. The molecule has 9 heteroatoms.